The van der Waals surface area contributed by atoms with Gasteiger partial charge in [-0.15, -0.1) is 11.3 Å². The molecule has 1 aliphatic carbocycles. The van der Waals surface area contributed by atoms with Gasteiger partial charge in [0.25, 0.3) is 5.91 Å². The largest absolute Gasteiger partial charge is 0.349 e. The lowest BCUT2D eigenvalue weighted by Crippen LogP contribution is -2.24. The molecule has 2 aromatic heterocycles. The Morgan fingerprint density at radius 2 is 2.09 bits per heavy atom. The molecule has 3 aromatic rings. The highest BCUT2D eigenvalue weighted by Gasteiger charge is 2.24. The van der Waals surface area contributed by atoms with Crippen LogP contribution in [-0.4, -0.2) is 21.5 Å². The van der Waals surface area contributed by atoms with Gasteiger partial charge < -0.3 is 5.32 Å². The van der Waals surface area contributed by atoms with Crippen LogP contribution in [0.1, 0.15) is 33.9 Å². The van der Waals surface area contributed by atoms with Crippen molar-refractivity contribution in [3.8, 4) is 5.00 Å². The summed E-state index contributed by atoms with van der Waals surface area (Å²) in [6.07, 6.45) is 2.21. The van der Waals surface area contributed by atoms with Crippen LogP contribution in [0.15, 0.2) is 30.3 Å². The number of nitrogens with one attached hydrogen (secondary N) is 1. The van der Waals surface area contributed by atoms with Gasteiger partial charge >= 0.3 is 0 Å². The summed E-state index contributed by atoms with van der Waals surface area (Å²) < 4.78 is 2.12. The van der Waals surface area contributed by atoms with Gasteiger partial charge in [0.1, 0.15) is 10.8 Å². The lowest BCUT2D eigenvalue weighted by atomic mass is 10.2. The number of aryl methyl sites for hydroxylation is 2. The van der Waals surface area contributed by atoms with E-state index in [9.17, 15) is 4.79 Å². The molecule has 112 valence electrons. The first kappa shape index (κ1) is 13.5. The molecular weight excluding hydrogens is 294 g/mol. The van der Waals surface area contributed by atoms with Crippen molar-refractivity contribution in [2.24, 2.45) is 0 Å². The highest BCUT2D eigenvalue weighted by Crippen LogP contribution is 2.28. The number of imidazole rings is 1. The van der Waals surface area contributed by atoms with Gasteiger partial charge in [0, 0.05) is 6.04 Å². The van der Waals surface area contributed by atoms with Crippen LogP contribution < -0.4 is 5.32 Å². The minimum Gasteiger partial charge on any atom is -0.349 e. The summed E-state index contributed by atoms with van der Waals surface area (Å²) in [6, 6.07) is 10.6. The van der Waals surface area contributed by atoms with Crippen LogP contribution in [-0.2, 0) is 0 Å². The number of aromatic nitrogens is 2. The molecule has 4 nitrogen and oxygen atoms in total. The normalized spacial score (nSPS) is 14.5. The lowest BCUT2D eigenvalue weighted by Gasteiger charge is -2.03. The number of rotatable bonds is 3. The van der Waals surface area contributed by atoms with Crippen molar-refractivity contribution in [2.75, 3.05) is 0 Å². The number of carbonyl (C=O) groups is 1. The fourth-order valence-electron chi connectivity index (χ4n) is 2.64. The Bertz CT molecular complexity index is 873. The van der Waals surface area contributed by atoms with Crippen LogP contribution in [0, 0.1) is 13.8 Å². The molecule has 0 aliphatic heterocycles. The number of thiophene rings is 1. The molecular formula is C17H17N3OS. The molecule has 0 unspecified atom stereocenters. The fraction of sp³-hybridized carbons (Fsp3) is 0.294. The van der Waals surface area contributed by atoms with E-state index < -0.39 is 0 Å². The molecule has 1 N–H and O–H groups in total. The van der Waals surface area contributed by atoms with Crippen molar-refractivity contribution in [1.29, 1.82) is 0 Å². The summed E-state index contributed by atoms with van der Waals surface area (Å²) >= 11 is 1.51. The van der Waals surface area contributed by atoms with E-state index in [-0.39, 0.29) is 5.91 Å². The van der Waals surface area contributed by atoms with Crippen LogP contribution in [0.25, 0.3) is 16.0 Å². The minimum absolute atomic E-state index is 0.0386. The summed E-state index contributed by atoms with van der Waals surface area (Å²) in [6.45, 7) is 4.07. The van der Waals surface area contributed by atoms with Crippen molar-refractivity contribution >= 4 is 28.3 Å². The highest BCUT2D eigenvalue weighted by atomic mass is 32.1. The van der Waals surface area contributed by atoms with Gasteiger partial charge in [0.15, 0.2) is 0 Å². The smallest absolute Gasteiger partial charge is 0.261 e. The molecule has 2 heterocycles. The first-order chi connectivity index (χ1) is 10.6. The molecule has 22 heavy (non-hydrogen) atoms. The summed E-state index contributed by atoms with van der Waals surface area (Å²) in [5, 5.41) is 4.07. The zero-order valence-electron chi connectivity index (χ0n) is 12.6. The summed E-state index contributed by atoms with van der Waals surface area (Å²) in [5.74, 6) is 0.980. The quantitative estimate of drug-likeness (QED) is 0.803. The van der Waals surface area contributed by atoms with Gasteiger partial charge in [0.05, 0.1) is 15.9 Å². The third kappa shape index (κ3) is 2.31. The van der Waals surface area contributed by atoms with Gasteiger partial charge in [-0.1, -0.05) is 6.07 Å². The Morgan fingerprint density at radius 1 is 1.27 bits per heavy atom. The van der Waals surface area contributed by atoms with Crippen LogP contribution in [0.4, 0.5) is 0 Å². The van der Waals surface area contributed by atoms with E-state index in [4.69, 9.17) is 0 Å². The second kappa shape index (κ2) is 4.95. The molecule has 0 bridgehead atoms. The van der Waals surface area contributed by atoms with Crippen molar-refractivity contribution in [3.05, 3.63) is 46.6 Å². The van der Waals surface area contributed by atoms with Crippen LogP contribution in [0.5, 0.6) is 0 Å². The van der Waals surface area contributed by atoms with Gasteiger partial charge in [0.2, 0.25) is 0 Å². The molecule has 0 spiro atoms. The zero-order chi connectivity index (χ0) is 15.3. The number of fused-ring (bicyclic) bond motifs is 1. The van der Waals surface area contributed by atoms with E-state index in [2.05, 4.69) is 40.0 Å². The maximum absolute atomic E-state index is 12.1. The Morgan fingerprint density at radius 3 is 2.86 bits per heavy atom. The first-order valence-electron chi connectivity index (χ1n) is 7.48. The maximum Gasteiger partial charge on any atom is 0.261 e. The average molecular weight is 311 g/mol. The third-order valence-corrected chi connectivity index (χ3v) is 5.00. The Kier molecular flexibility index (Phi) is 3.04. The second-order valence-corrected chi connectivity index (χ2v) is 6.93. The molecule has 1 aromatic carbocycles. The van der Waals surface area contributed by atoms with E-state index in [1.54, 1.807) is 0 Å². The van der Waals surface area contributed by atoms with E-state index >= 15 is 0 Å². The summed E-state index contributed by atoms with van der Waals surface area (Å²) in [5.41, 5.74) is 3.28. The van der Waals surface area contributed by atoms with Crippen molar-refractivity contribution in [3.63, 3.8) is 0 Å². The number of benzene rings is 1. The molecule has 4 rings (SSSR count). The monoisotopic (exact) mass is 311 g/mol. The molecule has 0 atom stereocenters. The number of carbonyl (C=O) groups excluding carboxylic acids is 1. The SMILES string of the molecule is Cc1ccc2c(c1)nc(C)n2-c1ccc(C(=O)NC2CC2)s1. The molecule has 0 radical (unpaired) electrons. The number of hydrogen-bond acceptors (Lipinski definition) is 3. The second-order valence-electron chi connectivity index (χ2n) is 5.87. The number of hydrogen-bond donors (Lipinski definition) is 1. The van der Waals surface area contributed by atoms with Crippen LogP contribution in [0.3, 0.4) is 0 Å². The zero-order valence-corrected chi connectivity index (χ0v) is 13.4. The molecule has 5 heteroatoms. The molecule has 1 fully saturated rings. The van der Waals surface area contributed by atoms with Gasteiger partial charge in [-0.05, 0) is 56.5 Å². The number of amides is 1. The van der Waals surface area contributed by atoms with E-state index in [1.807, 2.05) is 19.1 Å². The Labute approximate surface area is 132 Å². The highest BCUT2D eigenvalue weighted by molar-refractivity contribution is 7.16. The maximum atomic E-state index is 12.1. The molecule has 1 saturated carbocycles. The van der Waals surface area contributed by atoms with Crippen molar-refractivity contribution in [1.82, 2.24) is 14.9 Å². The van der Waals surface area contributed by atoms with Crippen molar-refractivity contribution in [2.45, 2.75) is 32.7 Å². The molecule has 1 aliphatic rings. The number of nitrogens with zero attached hydrogens (tertiary/aromatic N) is 2. The van der Waals surface area contributed by atoms with Crippen LogP contribution in [0.2, 0.25) is 0 Å². The Hall–Kier alpha value is -2.14. The fourth-order valence-corrected chi connectivity index (χ4v) is 3.61. The summed E-state index contributed by atoms with van der Waals surface area (Å²) in [7, 11) is 0. The van der Waals surface area contributed by atoms with Crippen molar-refractivity contribution < 1.29 is 4.79 Å². The molecule has 0 saturated heterocycles. The average Bonchev–Trinajstić information content (AvgIpc) is 3.05. The van der Waals surface area contributed by atoms with E-state index in [0.29, 0.717) is 6.04 Å². The predicted molar refractivity (Wildman–Crippen MR) is 88.9 cm³/mol. The lowest BCUT2D eigenvalue weighted by molar-refractivity contribution is 0.0955. The standard InChI is InChI=1S/C17H17N3OS/c1-10-3-6-14-13(9-10)18-11(2)20(14)16-8-7-15(22-16)17(21)19-12-4-5-12/h3,6-9,12H,4-5H2,1-2H3,(H,19,21). The van der Waals surface area contributed by atoms with Gasteiger partial charge in [-0.3, -0.25) is 9.36 Å². The minimum atomic E-state index is 0.0386. The predicted octanol–water partition coefficient (Wildman–Crippen LogP) is 3.60. The first-order valence-corrected chi connectivity index (χ1v) is 8.30. The molecule has 1 amide bonds. The van der Waals surface area contributed by atoms with Crippen LogP contribution >= 0.6 is 11.3 Å². The van der Waals surface area contributed by atoms with E-state index in [0.717, 1.165) is 39.6 Å². The Balaban J connectivity index is 1.74. The van der Waals surface area contributed by atoms with Gasteiger partial charge in [-0.2, -0.15) is 0 Å². The topological polar surface area (TPSA) is 46.9 Å². The third-order valence-electron chi connectivity index (χ3n) is 3.93. The van der Waals surface area contributed by atoms with E-state index in [1.165, 1.54) is 16.9 Å². The summed E-state index contributed by atoms with van der Waals surface area (Å²) in [4.78, 5) is 17.5. The van der Waals surface area contributed by atoms with Gasteiger partial charge in [-0.25, -0.2) is 4.98 Å².